The summed E-state index contributed by atoms with van der Waals surface area (Å²) in [5, 5.41) is 6.64. The Morgan fingerprint density at radius 3 is 2.67 bits per heavy atom. The number of hydrogen-bond donors (Lipinski definition) is 1. The van der Waals surface area contributed by atoms with Crippen LogP contribution in [0.1, 0.15) is 39.1 Å². The van der Waals surface area contributed by atoms with Crippen molar-refractivity contribution in [3.05, 3.63) is 36.0 Å². The number of aromatic nitrogens is 2. The molecule has 130 valence electrons. The largest absolute Gasteiger partial charge is 0.381 e. The summed E-state index contributed by atoms with van der Waals surface area (Å²) < 4.78 is 23.5. The minimum absolute atomic E-state index is 0.146. The molecule has 0 aliphatic rings. The van der Waals surface area contributed by atoms with E-state index in [2.05, 4.69) is 29.3 Å². The maximum absolute atomic E-state index is 12.9. The molecule has 2 rings (SSSR count). The summed E-state index contributed by atoms with van der Waals surface area (Å²) >= 11 is 0. The van der Waals surface area contributed by atoms with Crippen molar-refractivity contribution >= 4 is 5.91 Å². The van der Waals surface area contributed by atoms with Crippen molar-refractivity contribution in [2.45, 2.75) is 33.2 Å². The molecule has 1 heterocycles. The van der Waals surface area contributed by atoms with E-state index >= 15 is 0 Å². The Kier molecular flexibility index (Phi) is 6.43. The Morgan fingerprint density at radius 1 is 1.29 bits per heavy atom. The lowest BCUT2D eigenvalue weighted by molar-refractivity contribution is -0.123. The van der Waals surface area contributed by atoms with Gasteiger partial charge in [-0.25, -0.2) is 4.39 Å². The Balaban J connectivity index is 1.85. The van der Waals surface area contributed by atoms with Gasteiger partial charge in [0.1, 0.15) is 11.9 Å². The highest BCUT2D eigenvalue weighted by atomic mass is 19.1. The fourth-order valence-electron chi connectivity index (χ4n) is 1.99. The van der Waals surface area contributed by atoms with Crippen molar-refractivity contribution in [1.29, 1.82) is 0 Å². The lowest BCUT2D eigenvalue weighted by Crippen LogP contribution is -2.27. The number of benzene rings is 1. The van der Waals surface area contributed by atoms with Crippen LogP contribution in [0.3, 0.4) is 0 Å². The van der Waals surface area contributed by atoms with Gasteiger partial charge < -0.3 is 14.6 Å². The van der Waals surface area contributed by atoms with Crippen LogP contribution in [0, 0.1) is 11.7 Å². The summed E-state index contributed by atoms with van der Waals surface area (Å²) in [7, 11) is 0. The van der Waals surface area contributed by atoms with Crippen LogP contribution in [0.4, 0.5) is 4.39 Å². The van der Waals surface area contributed by atoms with Gasteiger partial charge in [0.15, 0.2) is 0 Å². The second-order valence-electron chi connectivity index (χ2n) is 5.97. The molecule has 1 N–H and O–H groups in total. The number of carbonyl (C=O) groups excluding carboxylic acids is 1. The van der Waals surface area contributed by atoms with Gasteiger partial charge in [0.2, 0.25) is 17.6 Å². The van der Waals surface area contributed by atoms with Gasteiger partial charge in [-0.2, -0.15) is 4.98 Å². The van der Waals surface area contributed by atoms with Crippen molar-refractivity contribution < 1.29 is 18.4 Å². The second-order valence-corrected chi connectivity index (χ2v) is 5.97. The van der Waals surface area contributed by atoms with E-state index in [1.165, 1.54) is 12.1 Å². The molecule has 7 heteroatoms. The quantitative estimate of drug-likeness (QED) is 0.750. The van der Waals surface area contributed by atoms with Gasteiger partial charge in [-0.1, -0.05) is 19.0 Å². The number of halogens is 1. The van der Waals surface area contributed by atoms with Crippen molar-refractivity contribution in [2.24, 2.45) is 5.92 Å². The highest BCUT2D eigenvalue weighted by molar-refractivity contribution is 5.76. The summed E-state index contributed by atoms with van der Waals surface area (Å²) in [5.74, 6) is 0.614. The van der Waals surface area contributed by atoms with Crippen LogP contribution in [0.2, 0.25) is 0 Å². The normalized spacial score (nSPS) is 12.4. The van der Waals surface area contributed by atoms with E-state index in [9.17, 15) is 9.18 Å². The van der Waals surface area contributed by atoms with Crippen LogP contribution in [0.25, 0.3) is 11.4 Å². The van der Waals surface area contributed by atoms with Crippen LogP contribution >= 0.6 is 0 Å². The van der Waals surface area contributed by atoms with Gasteiger partial charge in [-0.3, -0.25) is 4.79 Å². The minimum Gasteiger partial charge on any atom is -0.381 e. The fraction of sp³-hybridized carbons (Fsp3) is 0.471. The molecule has 0 bridgehead atoms. The van der Waals surface area contributed by atoms with Crippen LogP contribution in [0.5, 0.6) is 0 Å². The van der Waals surface area contributed by atoms with Crippen LogP contribution < -0.4 is 5.32 Å². The summed E-state index contributed by atoms with van der Waals surface area (Å²) in [5.41, 5.74) is 0.645. The zero-order chi connectivity index (χ0) is 17.5. The van der Waals surface area contributed by atoms with E-state index in [1.54, 1.807) is 19.1 Å². The fourth-order valence-corrected chi connectivity index (χ4v) is 1.99. The highest BCUT2D eigenvalue weighted by Gasteiger charge is 2.17. The van der Waals surface area contributed by atoms with Gasteiger partial charge in [0, 0.05) is 18.6 Å². The number of hydrogen-bond acceptors (Lipinski definition) is 5. The number of nitrogens with zero attached hydrogens (tertiary/aromatic N) is 2. The first-order valence-corrected chi connectivity index (χ1v) is 7.92. The van der Waals surface area contributed by atoms with Gasteiger partial charge in [0.05, 0.1) is 6.61 Å². The van der Waals surface area contributed by atoms with Crippen LogP contribution in [-0.4, -0.2) is 29.3 Å². The lowest BCUT2D eigenvalue weighted by Gasteiger charge is -2.10. The molecule has 1 unspecified atom stereocenters. The molecule has 1 amide bonds. The molecule has 1 atom stereocenters. The molecule has 1 aromatic carbocycles. The third kappa shape index (κ3) is 5.42. The summed E-state index contributed by atoms with van der Waals surface area (Å²) in [6, 6.07) is 5.38. The zero-order valence-corrected chi connectivity index (χ0v) is 14.1. The number of amides is 1. The predicted octanol–water partition coefficient (Wildman–Crippen LogP) is 3.12. The predicted molar refractivity (Wildman–Crippen MR) is 86.5 cm³/mol. The monoisotopic (exact) mass is 335 g/mol. The number of carbonyl (C=O) groups is 1. The van der Waals surface area contributed by atoms with Crippen molar-refractivity contribution in [2.75, 3.05) is 13.2 Å². The molecule has 0 aliphatic carbocycles. The van der Waals surface area contributed by atoms with Crippen molar-refractivity contribution in [1.82, 2.24) is 15.5 Å². The highest BCUT2D eigenvalue weighted by Crippen LogP contribution is 2.19. The summed E-state index contributed by atoms with van der Waals surface area (Å²) in [6.07, 6.45) is 0.274. The third-order valence-corrected chi connectivity index (χ3v) is 3.22. The standard InChI is InChI=1S/C17H22FN3O3/c1-11(2)10-23-9-8-15(22)19-12(3)17-20-16(21-24-17)13-4-6-14(18)7-5-13/h4-7,11-12H,8-10H2,1-3H3,(H,19,22). The lowest BCUT2D eigenvalue weighted by atomic mass is 10.2. The Labute approximate surface area is 140 Å². The maximum atomic E-state index is 12.9. The van der Waals surface area contributed by atoms with E-state index in [4.69, 9.17) is 9.26 Å². The molecule has 0 spiro atoms. The van der Waals surface area contributed by atoms with Crippen molar-refractivity contribution in [3.8, 4) is 11.4 Å². The topological polar surface area (TPSA) is 77.2 Å². The molecule has 1 aromatic heterocycles. The Morgan fingerprint density at radius 2 is 2.00 bits per heavy atom. The average molecular weight is 335 g/mol. The van der Waals surface area contributed by atoms with E-state index in [-0.39, 0.29) is 18.1 Å². The molecule has 6 nitrogen and oxygen atoms in total. The van der Waals surface area contributed by atoms with E-state index < -0.39 is 6.04 Å². The summed E-state index contributed by atoms with van der Waals surface area (Å²) in [4.78, 5) is 16.1. The number of nitrogens with one attached hydrogen (secondary N) is 1. The molecule has 0 saturated carbocycles. The van der Waals surface area contributed by atoms with Gasteiger partial charge in [0.25, 0.3) is 0 Å². The van der Waals surface area contributed by atoms with Gasteiger partial charge >= 0.3 is 0 Å². The van der Waals surface area contributed by atoms with Crippen molar-refractivity contribution in [3.63, 3.8) is 0 Å². The molecule has 0 radical (unpaired) electrons. The molecule has 0 fully saturated rings. The van der Waals surface area contributed by atoms with E-state index in [0.29, 0.717) is 36.4 Å². The molecule has 24 heavy (non-hydrogen) atoms. The van der Waals surface area contributed by atoms with Crippen LogP contribution in [-0.2, 0) is 9.53 Å². The van der Waals surface area contributed by atoms with Crippen LogP contribution in [0.15, 0.2) is 28.8 Å². The first-order valence-electron chi connectivity index (χ1n) is 7.92. The average Bonchev–Trinajstić information content (AvgIpc) is 3.02. The molecule has 0 saturated heterocycles. The Hall–Kier alpha value is -2.28. The second kappa shape index (κ2) is 8.54. The Bertz CT molecular complexity index is 655. The first-order chi connectivity index (χ1) is 11.5. The number of rotatable bonds is 8. The zero-order valence-electron chi connectivity index (χ0n) is 14.1. The summed E-state index contributed by atoms with van der Waals surface area (Å²) in [6.45, 7) is 6.87. The van der Waals surface area contributed by atoms with Gasteiger partial charge in [-0.15, -0.1) is 0 Å². The third-order valence-electron chi connectivity index (χ3n) is 3.22. The SMILES string of the molecule is CC(C)COCCC(=O)NC(C)c1nc(-c2ccc(F)cc2)no1. The first kappa shape index (κ1) is 18.1. The molecular formula is C17H22FN3O3. The van der Waals surface area contributed by atoms with E-state index in [1.807, 2.05) is 0 Å². The molecular weight excluding hydrogens is 313 g/mol. The van der Waals surface area contributed by atoms with Gasteiger partial charge in [-0.05, 0) is 37.1 Å². The van der Waals surface area contributed by atoms with E-state index in [0.717, 1.165) is 0 Å². The molecule has 2 aromatic rings. The maximum Gasteiger partial charge on any atom is 0.249 e. The number of ether oxygens (including phenoxy) is 1. The molecule has 0 aliphatic heterocycles. The minimum atomic E-state index is -0.413. The smallest absolute Gasteiger partial charge is 0.249 e.